The maximum atomic E-state index is 8.66. The van der Waals surface area contributed by atoms with Crippen LogP contribution in [0.4, 0.5) is 0 Å². The summed E-state index contributed by atoms with van der Waals surface area (Å²) in [7, 11) is 0. The van der Waals surface area contributed by atoms with Crippen molar-refractivity contribution in [2.24, 2.45) is 0 Å². The minimum absolute atomic E-state index is 0.0888. The highest BCUT2D eigenvalue weighted by atomic mass is 32.2. The standard InChI is InChI=1S/C15H15NOS2/c1-11-8-12(2)16-15(9-11)18-10-14-6-5-13(19-14)4-3-7-17/h5-6,8-9,17H,7,10H2,1-2H3. The van der Waals surface area contributed by atoms with Gasteiger partial charge in [0.2, 0.25) is 0 Å². The van der Waals surface area contributed by atoms with Gasteiger partial charge in [-0.15, -0.1) is 23.1 Å². The van der Waals surface area contributed by atoms with E-state index in [2.05, 4.69) is 41.9 Å². The summed E-state index contributed by atoms with van der Waals surface area (Å²) in [5.74, 6) is 6.49. The van der Waals surface area contributed by atoms with E-state index in [1.54, 1.807) is 23.1 Å². The van der Waals surface area contributed by atoms with E-state index in [1.807, 2.05) is 13.0 Å². The van der Waals surface area contributed by atoms with Crippen molar-refractivity contribution in [2.75, 3.05) is 6.61 Å². The number of thioether (sulfide) groups is 1. The van der Waals surface area contributed by atoms with E-state index in [4.69, 9.17) is 5.11 Å². The minimum Gasteiger partial charge on any atom is -0.384 e. The van der Waals surface area contributed by atoms with Crippen LogP contribution >= 0.6 is 23.1 Å². The Kier molecular flexibility index (Phi) is 5.03. The Hall–Kier alpha value is -1.28. The number of aromatic nitrogens is 1. The molecule has 98 valence electrons. The molecule has 0 atom stereocenters. The van der Waals surface area contributed by atoms with Gasteiger partial charge in [-0.25, -0.2) is 4.98 Å². The third kappa shape index (κ3) is 4.39. The molecule has 19 heavy (non-hydrogen) atoms. The normalized spacial score (nSPS) is 10.1. The fraction of sp³-hybridized carbons (Fsp3) is 0.267. The second-order valence-corrected chi connectivity index (χ2v) is 6.30. The van der Waals surface area contributed by atoms with Crippen LogP contribution in [0.3, 0.4) is 0 Å². The predicted octanol–water partition coefficient (Wildman–Crippen LogP) is 3.40. The molecule has 2 nitrogen and oxygen atoms in total. The molecule has 0 bridgehead atoms. The van der Waals surface area contributed by atoms with Gasteiger partial charge >= 0.3 is 0 Å². The quantitative estimate of drug-likeness (QED) is 0.694. The summed E-state index contributed by atoms with van der Waals surface area (Å²) in [6.07, 6.45) is 0. The van der Waals surface area contributed by atoms with Crippen LogP contribution in [0.15, 0.2) is 29.3 Å². The molecule has 2 aromatic heterocycles. The Balaban J connectivity index is 2.00. The number of aliphatic hydroxyl groups is 1. The van der Waals surface area contributed by atoms with Crippen LogP contribution in [-0.4, -0.2) is 16.7 Å². The van der Waals surface area contributed by atoms with Crippen LogP contribution in [0.5, 0.6) is 0 Å². The largest absolute Gasteiger partial charge is 0.384 e. The lowest BCUT2D eigenvalue weighted by Crippen LogP contribution is -1.87. The summed E-state index contributed by atoms with van der Waals surface area (Å²) >= 11 is 3.41. The lowest BCUT2D eigenvalue weighted by Gasteiger charge is -2.02. The van der Waals surface area contributed by atoms with E-state index in [0.717, 1.165) is 21.3 Å². The molecule has 0 aliphatic heterocycles. The number of aryl methyl sites for hydroxylation is 2. The fourth-order valence-corrected chi connectivity index (χ4v) is 3.63. The zero-order valence-electron chi connectivity index (χ0n) is 10.9. The second kappa shape index (κ2) is 6.76. The van der Waals surface area contributed by atoms with Gasteiger partial charge in [-0.1, -0.05) is 11.8 Å². The molecular formula is C15H15NOS2. The van der Waals surface area contributed by atoms with Gasteiger partial charge in [0, 0.05) is 16.3 Å². The highest BCUT2D eigenvalue weighted by Crippen LogP contribution is 2.26. The average Bonchev–Trinajstić information content (AvgIpc) is 2.81. The van der Waals surface area contributed by atoms with Crippen LogP contribution in [0.2, 0.25) is 0 Å². The molecule has 0 saturated carbocycles. The lowest BCUT2D eigenvalue weighted by atomic mass is 10.3. The van der Waals surface area contributed by atoms with E-state index in [1.165, 1.54) is 10.4 Å². The van der Waals surface area contributed by atoms with Gasteiger partial charge in [-0.2, -0.15) is 0 Å². The maximum Gasteiger partial charge on any atom is 0.104 e. The number of hydrogen-bond donors (Lipinski definition) is 1. The topological polar surface area (TPSA) is 33.1 Å². The van der Waals surface area contributed by atoms with Crippen LogP contribution < -0.4 is 0 Å². The fourth-order valence-electron chi connectivity index (χ4n) is 1.67. The zero-order valence-corrected chi connectivity index (χ0v) is 12.6. The highest BCUT2D eigenvalue weighted by Gasteiger charge is 2.02. The number of thiophene rings is 1. The first-order valence-corrected chi connectivity index (χ1v) is 7.74. The minimum atomic E-state index is -0.0888. The van der Waals surface area contributed by atoms with Gasteiger partial charge in [-0.05, 0) is 43.7 Å². The molecule has 0 amide bonds. The van der Waals surface area contributed by atoms with Gasteiger partial charge in [0.25, 0.3) is 0 Å². The predicted molar refractivity (Wildman–Crippen MR) is 81.6 cm³/mol. The third-order valence-electron chi connectivity index (χ3n) is 2.39. The molecular weight excluding hydrogens is 274 g/mol. The molecule has 2 heterocycles. The SMILES string of the molecule is Cc1cc(C)nc(SCc2ccc(C#CCO)s2)c1. The van der Waals surface area contributed by atoms with Gasteiger partial charge in [-0.3, -0.25) is 0 Å². The van der Waals surface area contributed by atoms with Crippen molar-refractivity contribution in [1.29, 1.82) is 0 Å². The van der Waals surface area contributed by atoms with Gasteiger partial charge in [0.1, 0.15) is 6.61 Å². The summed E-state index contributed by atoms with van der Waals surface area (Å²) in [5.41, 5.74) is 2.30. The Morgan fingerprint density at radius 2 is 2.16 bits per heavy atom. The average molecular weight is 289 g/mol. The second-order valence-electron chi connectivity index (χ2n) is 4.14. The molecule has 0 radical (unpaired) electrons. The summed E-state index contributed by atoms with van der Waals surface area (Å²) in [4.78, 5) is 6.78. The van der Waals surface area contributed by atoms with E-state index in [0.29, 0.717) is 0 Å². The van der Waals surface area contributed by atoms with Crippen LogP contribution in [0, 0.1) is 25.7 Å². The Bertz CT molecular complexity index is 602. The van der Waals surface area contributed by atoms with Crippen molar-refractivity contribution >= 4 is 23.1 Å². The summed E-state index contributed by atoms with van der Waals surface area (Å²) in [6, 6.07) is 8.27. The Labute approximate surface area is 121 Å². The molecule has 0 saturated heterocycles. The van der Waals surface area contributed by atoms with Crippen LogP contribution in [0.1, 0.15) is 21.0 Å². The van der Waals surface area contributed by atoms with E-state index < -0.39 is 0 Å². The Morgan fingerprint density at radius 3 is 2.89 bits per heavy atom. The van der Waals surface area contributed by atoms with Gasteiger partial charge < -0.3 is 5.11 Å². The van der Waals surface area contributed by atoms with Crippen molar-refractivity contribution in [2.45, 2.75) is 24.6 Å². The van der Waals surface area contributed by atoms with Crippen molar-refractivity contribution in [1.82, 2.24) is 4.98 Å². The Morgan fingerprint density at radius 1 is 1.32 bits per heavy atom. The van der Waals surface area contributed by atoms with Crippen LogP contribution in [-0.2, 0) is 5.75 Å². The summed E-state index contributed by atoms with van der Waals surface area (Å²) in [5, 5.41) is 9.72. The number of hydrogen-bond acceptors (Lipinski definition) is 4. The molecule has 0 aromatic carbocycles. The first-order valence-electron chi connectivity index (χ1n) is 5.94. The van der Waals surface area contributed by atoms with E-state index >= 15 is 0 Å². The van der Waals surface area contributed by atoms with Crippen molar-refractivity contribution in [3.63, 3.8) is 0 Å². The van der Waals surface area contributed by atoms with Crippen molar-refractivity contribution in [3.05, 3.63) is 45.3 Å². The number of aliphatic hydroxyl groups excluding tert-OH is 1. The van der Waals surface area contributed by atoms with Crippen molar-refractivity contribution in [3.8, 4) is 11.8 Å². The molecule has 0 aliphatic carbocycles. The maximum absolute atomic E-state index is 8.66. The first-order chi connectivity index (χ1) is 9.17. The monoisotopic (exact) mass is 289 g/mol. The molecule has 2 aromatic rings. The molecule has 0 spiro atoms. The van der Waals surface area contributed by atoms with Gasteiger partial charge in [0.05, 0.1) is 9.90 Å². The van der Waals surface area contributed by atoms with E-state index in [9.17, 15) is 0 Å². The van der Waals surface area contributed by atoms with E-state index in [-0.39, 0.29) is 6.61 Å². The smallest absolute Gasteiger partial charge is 0.104 e. The number of pyridine rings is 1. The number of nitrogens with zero attached hydrogens (tertiary/aromatic N) is 1. The highest BCUT2D eigenvalue weighted by molar-refractivity contribution is 7.98. The molecule has 4 heteroatoms. The first kappa shape index (κ1) is 14.1. The molecule has 0 unspecified atom stereocenters. The number of rotatable bonds is 3. The molecule has 0 fully saturated rings. The van der Waals surface area contributed by atoms with Crippen molar-refractivity contribution < 1.29 is 5.11 Å². The van der Waals surface area contributed by atoms with Crippen LogP contribution in [0.25, 0.3) is 0 Å². The summed E-state index contributed by atoms with van der Waals surface area (Å²) < 4.78 is 0. The molecule has 0 aliphatic rings. The zero-order chi connectivity index (χ0) is 13.7. The lowest BCUT2D eigenvalue weighted by molar-refractivity contribution is 0.350. The summed E-state index contributed by atoms with van der Waals surface area (Å²) in [6.45, 7) is 4.02. The molecule has 1 N–H and O–H groups in total. The molecule has 2 rings (SSSR count). The van der Waals surface area contributed by atoms with Gasteiger partial charge in [0.15, 0.2) is 0 Å². The third-order valence-corrected chi connectivity index (χ3v) is 4.53.